The summed E-state index contributed by atoms with van der Waals surface area (Å²) in [7, 11) is 0. The van der Waals surface area contributed by atoms with Crippen molar-refractivity contribution in [2.24, 2.45) is 5.41 Å². The molecular formula is C27H29FO5. The molecule has 0 atom stereocenters. The van der Waals surface area contributed by atoms with Gasteiger partial charge in [-0.25, -0.2) is 4.39 Å². The molecule has 33 heavy (non-hydrogen) atoms. The molecule has 2 aromatic rings. The number of hydrogen-bond acceptors (Lipinski definition) is 5. The van der Waals surface area contributed by atoms with E-state index >= 15 is 0 Å². The second-order valence-electron chi connectivity index (χ2n) is 8.15. The summed E-state index contributed by atoms with van der Waals surface area (Å²) < 4.78 is 18.7. The van der Waals surface area contributed by atoms with Crippen LogP contribution in [0, 0.1) is 11.2 Å². The van der Waals surface area contributed by atoms with E-state index in [2.05, 4.69) is 0 Å². The van der Waals surface area contributed by atoms with Gasteiger partial charge < -0.3 is 14.9 Å². The van der Waals surface area contributed by atoms with Crippen LogP contribution in [0.1, 0.15) is 52.0 Å². The van der Waals surface area contributed by atoms with Gasteiger partial charge in [-0.05, 0) is 67.6 Å². The highest BCUT2D eigenvalue weighted by Crippen LogP contribution is 2.45. The molecule has 0 fully saturated rings. The van der Waals surface area contributed by atoms with E-state index in [0.717, 1.165) is 5.56 Å². The Bertz CT molecular complexity index is 1090. The van der Waals surface area contributed by atoms with Crippen LogP contribution in [0.5, 0.6) is 11.5 Å². The Morgan fingerprint density at radius 3 is 2.00 bits per heavy atom. The van der Waals surface area contributed by atoms with Crippen LogP contribution in [0.2, 0.25) is 0 Å². The topological polar surface area (TPSA) is 83.8 Å². The molecular weight excluding hydrogens is 423 g/mol. The number of benzene rings is 2. The molecule has 0 aliphatic heterocycles. The average molecular weight is 453 g/mol. The molecule has 3 rings (SSSR count). The number of rotatable bonds is 9. The minimum absolute atomic E-state index is 0.0462. The van der Waals surface area contributed by atoms with E-state index in [0.29, 0.717) is 37.2 Å². The number of halogens is 1. The van der Waals surface area contributed by atoms with Gasteiger partial charge in [-0.2, -0.15) is 0 Å². The molecule has 0 unspecified atom stereocenters. The average Bonchev–Trinajstić information content (AvgIpc) is 2.81. The van der Waals surface area contributed by atoms with Crippen molar-refractivity contribution in [2.45, 2.75) is 52.9 Å². The molecule has 0 saturated heterocycles. The molecule has 174 valence electrons. The van der Waals surface area contributed by atoms with Gasteiger partial charge in [0.2, 0.25) is 0 Å². The summed E-state index contributed by atoms with van der Waals surface area (Å²) in [5.41, 5.74) is -0.236. The SMILES string of the molecule is CCC1=C(O)C(CC)(CC)C(=O)C(C(=O)CCc2ccc(Oc3ccc(F)cc3)cc2)=C1O. The van der Waals surface area contributed by atoms with Crippen LogP contribution in [-0.2, 0) is 16.0 Å². The van der Waals surface area contributed by atoms with E-state index in [1.807, 2.05) is 12.1 Å². The lowest BCUT2D eigenvalue weighted by Crippen LogP contribution is -2.40. The summed E-state index contributed by atoms with van der Waals surface area (Å²) in [5.74, 6) is -0.718. The monoisotopic (exact) mass is 452 g/mol. The van der Waals surface area contributed by atoms with Crippen LogP contribution >= 0.6 is 0 Å². The van der Waals surface area contributed by atoms with Crippen molar-refractivity contribution in [1.29, 1.82) is 0 Å². The second-order valence-corrected chi connectivity index (χ2v) is 8.15. The van der Waals surface area contributed by atoms with E-state index in [9.17, 15) is 24.2 Å². The smallest absolute Gasteiger partial charge is 0.183 e. The number of aryl methyl sites for hydroxylation is 1. The minimum Gasteiger partial charge on any atom is -0.511 e. The largest absolute Gasteiger partial charge is 0.511 e. The Kier molecular flexibility index (Phi) is 7.36. The highest BCUT2D eigenvalue weighted by molar-refractivity contribution is 6.24. The van der Waals surface area contributed by atoms with Crippen molar-refractivity contribution in [1.82, 2.24) is 0 Å². The van der Waals surface area contributed by atoms with E-state index in [1.54, 1.807) is 32.9 Å². The number of allylic oxidation sites excluding steroid dienone is 3. The zero-order valence-electron chi connectivity index (χ0n) is 19.2. The third kappa shape index (κ3) is 4.70. The third-order valence-electron chi connectivity index (χ3n) is 6.38. The maximum Gasteiger partial charge on any atom is 0.183 e. The van der Waals surface area contributed by atoms with Gasteiger partial charge in [0, 0.05) is 12.0 Å². The summed E-state index contributed by atoms with van der Waals surface area (Å²) in [6, 6.07) is 12.8. The molecule has 6 heteroatoms. The minimum atomic E-state index is -1.16. The molecule has 0 aromatic heterocycles. The number of carbonyl (C=O) groups is 2. The summed E-state index contributed by atoms with van der Waals surface area (Å²) >= 11 is 0. The zero-order valence-corrected chi connectivity index (χ0v) is 19.2. The number of Topliss-reactive ketones (excluding diaryl/α,β-unsaturated/α-hetero) is 2. The van der Waals surface area contributed by atoms with E-state index in [4.69, 9.17) is 4.74 Å². The number of ketones is 2. The van der Waals surface area contributed by atoms with Gasteiger partial charge in [-0.3, -0.25) is 9.59 Å². The lowest BCUT2D eigenvalue weighted by molar-refractivity contribution is -0.128. The van der Waals surface area contributed by atoms with Gasteiger partial charge in [0.1, 0.15) is 34.4 Å². The van der Waals surface area contributed by atoms with Crippen molar-refractivity contribution >= 4 is 11.6 Å². The number of carbonyl (C=O) groups excluding carboxylic acids is 2. The molecule has 0 heterocycles. The fourth-order valence-corrected chi connectivity index (χ4v) is 4.25. The Hall–Kier alpha value is -3.41. The van der Waals surface area contributed by atoms with E-state index in [-0.39, 0.29) is 29.1 Å². The van der Waals surface area contributed by atoms with E-state index < -0.39 is 22.7 Å². The third-order valence-corrected chi connectivity index (χ3v) is 6.38. The van der Waals surface area contributed by atoms with Crippen LogP contribution in [0.3, 0.4) is 0 Å². The quantitative estimate of drug-likeness (QED) is 0.422. The molecule has 0 amide bonds. The Morgan fingerprint density at radius 2 is 1.48 bits per heavy atom. The molecule has 2 aromatic carbocycles. The molecule has 1 aliphatic rings. The normalized spacial score (nSPS) is 15.7. The van der Waals surface area contributed by atoms with E-state index in [1.165, 1.54) is 24.3 Å². The van der Waals surface area contributed by atoms with Crippen molar-refractivity contribution < 1.29 is 28.9 Å². The van der Waals surface area contributed by atoms with Gasteiger partial charge >= 0.3 is 0 Å². The van der Waals surface area contributed by atoms with Crippen molar-refractivity contribution in [2.75, 3.05) is 0 Å². The first-order chi connectivity index (χ1) is 15.8. The Balaban J connectivity index is 1.73. The summed E-state index contributed by atoms with van der Waals surface area (Å²) in [5, 5.41) is 21.3. The van der Waals surface area contributed by atoms with Crippen LogP contribution < -0.4 is 4.74 Å². The van der Waals surface area contributed by atoms with Crippen molar-refractivity contribution in [3.05, 3.63) is 82.6 Å². The molecule has 5 nitrogen and oxygen atoms in total. The summed E-state index contributed by atoms with van der Waals surface area (Å²) in [6.45, 7) is 5.36. The standard InChI is InChI=1S/C27H29FO5/c1-4-21-24(30)23(26(32)27(5-2,6-3)25(21)31)22(29)16-9-17-7-12-19(13-8-17)33-20-14-10-18(28)11-15-20/h7-8,10-15,30-31H,4-6,9,16H2,1-3H3. The zero-order chi connectivity index (χ0) is 24.2. The number of ether oxygens (including phenoxy) is 1. The molecule has 2 N–H and O–H groups in total. The summed E-state index contributed by atoms with van der Waals surface area (Å²) in [4.78, 5) is 26.2. The highest BCUT2D eigenvalue weighted by atomic mass is 19.1. The Morgan fingerprint density at radius 1 is 0.939 bits per heavy atom. The maximum absolute atomic E-state index is 13.2. The number of aliphatic hydroxyl groups is 2. The van der Waals surface area contributed by atoms with Gasteiger partial charge in [0.15, 0.2) is 11.6 Å². The predicted molar refractivity (Wildman–Crippen MR) is 124 cm³/mol. The van der Waals surface area contributed by atoms with Crippen LogP contribution in [0.25, 0.3) is 0 Å². The molecule has 0 radical (unpaired) electrons. The van der Waals surface area contributed by atoms with Crippen molar-refractivity contribution in [3.63, 3.8) is 0 Å². The van der Waals surface area contributed by atoms with Gasteiger partial charge in [0.05, 0.1) is 5.41 Å². The Labute approximate surface area is 193 Å². The molecule has 0 bridgehead atoms. The first-order valence-corrected chi connectivity index (χ1v) is 11.2. The first-order valence-electron chi connectivity index (χ1n) is 11.2. The van der Waals surface area contributed by atoms with Crippen LogP contribution in [0.4, 0.5) is 4.39 Å². The van der Waals surface area contributed by atoms with Crippen LogP contribution in [0.15, 0.2) is 71.2 Å². The molecule has 0 spiro atoms. The van der Waals surface area contributed by atoms with Gasteiger partial charge in [0.25, 0.3) is 0 Å². The molecule has 1 aliphatic carbocycles. The lowest BCUT2D eigenvalue weighted by atomic mass is 9.68. The fraction of sp³-hybridized carbons (Fsp3) is 0.333. The van der Waals surface area contributed by atoms with Gasteiger partial charge in [-0.15, -0.1) is 0 Å². The number of aliphatic hydroxyl groups excluding tert-OH is 2. The van der Waals surface area contributed by atoms with Crippen molar-refractivity contribution in [3.8, 4) is 11.5 Å². The second kappa shape index (κ2) is 10.0. The highest BCUT2D eigenvalue weighted by Gasteiger charge is 2.48. The van der Waals surface area contributed by atoms with Crippen LogP contribution in [-0.4, -0.2) is 21.8 Å². The number of hydrogen-bond donors (Lipinski definition) is 2. The lowest BCUT2D eigenvalue weighted by Gasteiger charge is -2.35. The first kappa shape index (κ1) is 24.2. The summed E-state index contributed by atoms with van der Waals surface area (Å²) in [6.07, 6.45) is 1.43. The maximum atomic E-state index is 13.2. The molecule has 0 saturated carbocycles. The van der Waals surface area contributed by atoms with Gasteiger partial charge in [-0.1, -0.05) is 32.9 Å². The predicted octanol–water partition coefficient (Wildman–Crippen LogP) is 6.54. The fourth-order valence-electron chi connectivity index (χ4n) is 4.25.